The van der Waals surface area contributed by atoms with Gasteiger partial charge in [-0.25, -0.2) is 4.99 Å². The Balaban J connectivity index is 2.11. The number of aryl methyl sites for hydroxylation is 2. The molecule has 6 heteroatoms. The number of nitrogens with one attached hydrogen (secondary N) is 1. The Morgan fingerprint density at radius 1 is 1.35 bits per heavy atom. The van der Waals surface area contributed by atoms with Crippen LogP contribution < -0.4 is 5.32 Å². The van der Waals surface area contributed by atoms with E-state index in [9.17, 15) is 9.90 Å². The first-order valence-electron chi connectivity index (χ1n) is 9.45. The number of guanidine groups is 1. The number of benzene rings is 1. The van der Waals surface area contributed by atoms with E-state index in [0.29, 0.717) is 25.4 Å². The summed E-state index contributed by atoms with van der Waals surface area (Å²) < 4.78 is 5.19. The third-order valence-corrected chi connectivity index (χ3v) is 4.64. The van der Waals surface area contributed by atoms with Crippen LogP contribution in [-0.2, 0) is 16.1 Å². The number of nitrogens with zero attached hydrogens (tertiary/aromatic N) is 2. The van der Waals surface area contributed by atoms with E-state index in [1.54, 1.807) is 0 Å². The lowest BCUT2D eigenvalue weighted by molar-refractivity contribution is -0.149. The van der Waals surface area contributed by atoms with Crippen LogP contribution in [0.2, 0.25) is 0 Å². The smallest absolute Gasteiger partial charge is 0.310 e. The van der Waals surface area contributed by atoms with E-state index in [4.69, 9.17) is 9.73 Å². The van der Waals surface area contributed by atoms with Crippen LogP contribution in [0.3, 0.4) is 0 Å². The minimum Gasteiger partial charge on any atom is -0.507 e. The Labute approximate surface area is 156 Å². The van der Waals surface area contributed by atoms with Crippen LogP contribution in [0.4, 0.5) is 0 Å². The molecule has 2 rings (SSSR count). The highest BCUT2D eigenvalue weighted by molar-refractivity contribution is 5.81. The molecule has 0 aromatic heterocycles. The van der Waals surface area contributed by atoms with Gasteiger partial charge in [-0.1, -0.05) is 12.1 Å². The number of piperidine rings is 1. The molecule has 2 N–H and O–H groups in total. The van der Waals surface area contributed by atoms with E-state index in [0.717, 1.165) is 48.6 Å². The van der Waals surface area contributed by atoms with Crippen LogP contribution in [0.1, 0.15) is 43.4 Å². The number of ether oxygens (including phenoxy) is 1. The summed E-state index contributed by atoms with van der Waals surface area (Å²) in [5.41, 5.74) is 2.79. The Morgan fingerprint density at radius 3 is 2.65 bits per heavy atom. The third-order valence-electron chi connectivity index (χ3n) is 4.64. The van der Waals surface area contributed by atoms with E-state index >= 15 is 0 Å². The molecular weight excluding hydrogens is 330 g/mol. The van der Waals surface area contributed by atoms with E-state index < -0.39 is 0 Å². The lowest BCUT2D eigenvalue weighted by Crippen LogP contribution is -2.48. The highest BCUT2D eigenvalue weighted by Gasteiger charge is 2.28. The van der Waals surface area contributed by atoms with Gasteiger partial charge in [-0.05, 0) is 57.2 Å². The number of carbonyl (C=O) groups is 1. The predicted molar refractivity (Wildman–Crippen MR) is 103 cm³/mol. The Hall–Kier alpha value is -2.24. The fourth-order valence-corrected chi connectivity index (χ4v) is 3.35. The van der Waals surface area contributed by atoms with Gasteiger partial charge < -0.3 is 20.1 Å². The van der Waals surface area contributed by atoms with Crippen molar-refractivity contribution in [1.29, 1.82) is 0 Å². The van der Waals surface area contributed by atoms with Crippen molar-refractivity contribution in [1.82, 2.24) is 10.2 Å². The number of phenols is 1. The summed E-state index contributed by atoms with van der Waals surface area (Å²) in [4.78, 5) is 19.0. The van der Waals surface area contributed by atoms with Crippen molar-refractivity contribution in [3.63, 3.8) is 0 Å². The van der Waals surface area contributed by atoms with Gasteiger partial charge >= 0.3 is 5.97 Å². The summed E-state index contributed by atoms with van der Waals surface area (Å²) in [5.74, 6) is 0.964. The molecule has 26 heavy (non-hydrogen) atoms. The molecule has 0 aliphatic carbocycles. The first kappa shape index (κ1) is 20.1. The highest BCUT2D eigenvalue weighted by Crippen LogP contribution is 2.23. The van der Waals surface area contributed by atoms with Gasteiger partial charge in [0.15, 0.2) is 5.96 Å². The topological polar surface area (TPSA) is 74.2 Å². The normalized spacial score (nSPS) is 17.9. The number of phenolic OH excluding ortho intramolecular Hbond substituents is 1. The van der Waals surface area contributed by atoms with Crippen LogP contribution >= 0.6 is 0 Å². The van der Waals surface area contributed by atoms with Crippen LogP contribution in [0.15, 0.2) is 17.1 Å². The molecule has 0 unspecified atom stereocenters. The number of hydrogen-bond acceptors (Lipinski definition) is 4. The van der Waals surface area contributed by atoms with Gasteiger partial charge in [0.25, 0.3) is 0 Å². The maximum absolute atomic E-state index is 12.1. The number of aliphatic imine (C=N–C) groups is 1. The van der Waals surface area contributed by atoms with Gasteiger partial charge in [-0.2, -0.15) is 0 Å². The van der Waals surface area contributed by atoms with Crippen molar-refractivity contribution in [2.75, 3.05) is 26.2 Å². The molecule has 1 heterocycles. The number of likely N-dealkylation sites (tertiary alicyclic amines) is 1. The zero-order chi connectivity index (χ0) is 19.1. The Morgan fingerprint density at radius 2 is 2.04 bits per heavy atom. The van der Waals surface area contributed by atoms with E-state index in [-0.39, 0.29) is 11.9 Å². The molecule has 0 saturated carbocycles. The third kappa shape index (κ3) is 5.13. The molecular formula is C20H31N3O3. The van der Waals surface area contributed by atoms with Crippen LogP contribution in [0.5, 0.6) is 5.75 Å². The molecule has 6 nitrogen and oxygen atoms in total. The van der Waals surface area contributed by atoms with Crippen molar-refractivity contribution < 1.29 is 14.6 Å². The van der Waals surface area contributed by atoms with E-state index in [2.05, 4.69) is 10.2 Å². The quantitative estimate of drug-likeness (QED) is 0.479. The Kier molecular flexibility index (Phi) is 7.30. The van der Waals surface area contributed by atoms with E-state index in [1.807, 2.05) is 39.8 Å². The average Bonchev–Trinajstić information content (AvgIpc) is 2.63. The number of aromatic hydroxyl groups is 1. The summed E-state index contributed by atoms with van der Waals surface area (Å²) in [7, 11) is 0. The minimum atomic E-state index is -0.113. The first-order chi connectivity index (χ1) is 12.5. The second-order valence-electron chi connectivity index (χ2n) is 6.79. The minimum absolute atomic E-state index is 0.0919. The van der Waals surface area contributed by atoms with Crippen LogP contribution in [0.25, 0.3) is 0 Å². The van der Waals surface area contributed by atoms with E-state index in [1.165, 1.54) is 0 Å². The average molecular weight is 361 g/mol. The van der Waals surface area contributed by atoms with Crippen molar-refractivity contribution in [2.45, 2.75) is 47.1 Å². The molecule has 0 amide bonds. The second-order valence-corrected chi connectivity index (χ2v) is 6.79. The standard InChI is InChI=1S/C20H31N3O3/c1-5-21-20(22-12-16-10-14(3)18(24)15(4)11-16)23-9-7-8-17(13-23)19(25)26-6-2/h10-11,17,24H,5-9,12-13H2,1-4H3,(H,21,22)/t17-/m0/s1. The van der Waals surface area contributed by atoms with Crippen molar-refractivity contribution in [2.24, 2.45) is 10.9 Å². The lowest BCUT2D eigenvalue weighted by atomic mass is 9.98. The van der Waals surface area contributed by atoms with Crippen molar-refractivity contribution in [3.8, 4) is 5.75 Å². The fourth-order valence-electron chi connectivity index (χ4n) is 3.35. The molecule has 1 saturated heterocycles. The highest BCUT2D eigenvalue weighted by atomic mass is 16.5. The van der Waals surface area contributed by atoms with Gasteiger partial charge in [0.05, 0.1) is 19.1 Å². The zero-order valence-electron chi connectivity index (χ0n) is 16.3. The summed E-state index contributed by atoms with van der Waals surface area (Å²) in [6.07, 6.45) is 1.82. The number of rotatable bonds is 5. The van der Waals surface area contributed by atoms with Crippen LogP contribution in [-0.4, -0.2) is 48.2 Å². The molecule has 1 atom stereocenters. The summed E-state index contributed by atoms with van der Waals surface area (Å²) in [5, 5.41) is 13.3. The summed E-state index contributed by atoms with van der Waals surface area (Å²) in [6.45, 7) is 10.9. The second kappa shape index (κ2) is 9.46. The maximum Gasteiger partial charge on any atom is 0.310 e. The molecule has 1 aromatic rings. The zero-order valence-corrected chi connectivity index (χ0v) is 16.3. The van der Waals surface area contributed by atoms with Gasteiger partial charge in [0.2, 0.25) is 0 Å². The number of esters is 1. The van der Waals surface area contributed by atoms with Crippen LogP contribution in [0, 0.1) is 19.8 Å². The molecule has 0 spiro atoms. The molecule has 1 aliphatic rings. The SMILES string of the molecule is CCNC(=NCc1cc(C)c(O)c(C)c1)N1CCC[C@H](C(=O)OCC)C1. The fraction of sp³-hybridized carbons (Fsp3) is 0.600. The molecule has 144 valence electrons. The molecule has 1 aliphatic heterocycles. The largest absolute Gasteiger partial charge is 0.507 e. The number of carbonyl (C=O) groups excluding carboxylic acids is 1. The van der Waals surface area contributed by atoms with Gasteiger partial charge in [-0.3, -0.25) is 4.79 Å². The number of hydrogen-bond donors (Lipinski definition) is 2. The molecule has 1 fully saturated rings. The molecule has 1 aromatic carbocycles. The summed E-state index contributed by atoms with van der Waals surface area (Å²) in [6, 6.07) is 3.93. The lowest BCUT2D eigenvalue weighted by Gasteiger charge is -2.34. The monoisotopic (exact) mass is 361 g/mol. The predicted octanol–water partition coefficient (Wildman–Crippen LogP) is 2.75. The van der Waals surface area contributed by atoms with Crippen molar-refractivity contribution in [3.05, 3.63) is 28.8 Å². The summed E-state index contributed by atoms with van der Waals surface area (Å²) >= 11 is 0. The Bertz CT molecular complexity index is 635. The molecule has 0 bridgehead atoms. The van der Waals surface area contributed by atoms with Gasteiger partial charge in [-0.15, -0.1) is 0 Å². The van der Waals surface area contributed by atoms with Crippen molar-refractivity contribution >= 4 is 11.9 Å². The first-order valence-corrected chi connectivity index (χ1v) is 9.45. The molecule has 0 radical (unpaired) electrons. The van der Waals surface area contributed by atoms with Gasteiger partial charge in [0, 0.05) is 19.6 Å². The van der Waals surface area contributed by atoms with Gasteiger partial charge in [0.1, 0.15) is 5.75 Å². The maximum atomic E-state index is 12.1.